The van der Waals surface area contributed by atoms with Crippen molar-refractivity contribution in [2.24, 2.45) is 46.3 Å². The van der Waals surface area contributed by atoms with Gasteiger partial charge in [0.1, 0.15) is 33.6 Å². The van der Waals surface area contributed by atoms with E-state index in [9.17, 15) is 19.4 Å². The number of aliphatic carboxylic acids is 1. The Morgan fingerprint density at radius 1 is 0.693 bits per heavy atom. The van der Waals surface area contributed by atoms with E-state index in [1.165, 1.54) is 12.8 Å². The molecule has 3 saturated heterocycles. The first-order valence-corrected chi connectivity index (χ1v) is 35.8. The summed E-state index contributed by atoms with van der Waals surface area (Å²) >= 11 is 6.67. The Morgan fingerprint density at radius 3 is 1.49 bits per heavy atom. The lowest BCUT2D eigenvalue weighted by atomic mass is 9.43. The largest absolute Gasteiger partial charge is 0.518 e. The second-order valence-corrected chi connectivity index (χ2v) is 40.2. The van der Waals surface area contributed by atoms with Gasteiger partial charge in [0.2, 0.25) is 0 Å². The number of halogens is 2. The van der Waals surface area contributed by atoms with Crippen LogP contribution in [-0.4, -0.2) is 128 Å². The highest BCUT2D eigenvalue weighted by atomic mass is 35.5. The zero-order valence-corrected chi connectivity index (χ0v) is 53.8. The van der Waals surface area contributed by atoms with E-state index in [1.54, 1.807) is 0 Å². The molecule has 6 saturated carbocycles. The molecule has 9 aliphatic rings. The van der Waals surface area contributed by atoms with Crippen molar-refractivity contribution in [1.82, 2.24) is 4.23 Å². The number of esters is 2. The minimum atomic E-state index is -1.65. The quantitative estimate of drug-likeness (QED) is 0.0710. The molecule has 14 atom stereocenters. The highest BCUT2D eigenvalue weighted by Crippen LogP contribution is 2.67. The SMILES string of the molecule is CC(CC[C@@H](B1O[C@@H]2C[C@@H]3C[C@@H](C3(C)C)[C@]2(C)O1)N([Si](C)(C)C)[Si](C)(C)C)CC(=O)OC(C)(C)C.CC(CC[C@@H](Cl)B1O[C@@H]2C[C@@H]3C[C@@H](C3(C)C)[C@]2(C)O1)CC(=O)OC(C)(C)C.Cl.[NH3+][C@H]1CCC(CC(=O)O)OB1O. The molecule has 0 amide bonds. The predicted molar refractivity (Wildman–Crippen MR) is 308 cm³/mol. The molecule has 432 valence electrons. The fourth-order valence-corrected chi connectivity index (χ4v) is 25.1. The Hall–Kier alpha value is -0.701. The van der Waals surface area contributed by atoms with Crippen LogP contribution >= 0.6 is 24.0 Å². The summed E-state index contributed by atoms with van der Waals surface area (Å²) in [7, 11) is -4.74. The highest BCUT2D eigenvalue weighted by Gasteiger charge is 2.70. The van der Waals surface area contributed by atoms with Gasteiger partial charge in [-0.25, -0.2) is 0 Å². The van der Waals surface area contributed by atoms with Gasteiger partial charge in [-0.3, -0.25) is 14.4 Å². The van der Waals surface area contributed by atoms with E-state index in [-0.39, 0.29) is 104 Å². The summed E-state index contributed by atoms with van der Waals surface area (Å²) in [6.45, 7) is 44.7. The van der Waals surface area contributed by atoms with Gasteiger partial charge in [0.05, 0.1) is 41.2 Å². The van der Waals surface area contributed by atoms with E-state index >= 15 is 0 Å². The molecule has 75 heavy (non-hydrogen) atoms. The van der Waals surface area contributed by atoms with Crippen LogP contribution in [0.1, 0.15) is 180 Å². The highest BCUT2D eigenvalue weighted by molar-refractivity contribution is 6.90. The number of hydrogen-bond donors (Lipinski definition) is 3. The van der Waals surface area contributed by atoms with Crippen molar-refractivity contribution in [3.05, 3.63) is 0 Å². The van der Waals surface area contributed by atoms with Crippen molar-refractivity contribution in [1.29, 1.82) is 0 Å². The molecule has 4 bridgehead atoms. The van der Waals surface area contributed by atoms with Crippen molar-refractivity contribution in [3.63, 3.8) is 0 Å². The third-order valence-corrected chi connectivity index (χ3v) is 26.1. The molecule has 0 spiro atoms. The second kappa shape index (κ2) is 24.8. The van der Waals surface area contributed by atoms with Gasteiger partial charge < -0.3 is 52.8 Å². The van der Waals surface area contributed by atoms with E-state index in [4.69, 9.17) is 49.5 Å². The van der Waals surface area contributed by atoms with Gasteiger partial charge in [-0.15, -0.1) is 24.0 Å². The smallest absolute Gasteiger partial charge is 0.481 e. The number of carboxylic acid groups (broad SMARTS) is 1. The lowest BCUT2D eigenvalue weighted by Crippen LogP contribution is -2.71. The number of carbonyl (C=O) groups is 3. The fourth-order valence-electron chi connectivity index (χ4n) is 14.3. The van der Waals surface area contributed by atoms with Crippen LogP contribution in [0.25, 0.3) is 0 Å². The molecule has 9 rings (SSSR count). The summed E-state index contributed by atoms with van der Waals surface area (Å²) in [6, 6.07) is 0. The number of ether oxygens (including phenoxy) is 2. The normalized spacial score (nSPS) is 33.0. The summed E-state index contributed by atoms with van der Waals surface area (Å²) in [4.78, 5) is 34.7. The van der Waals surface area contributed by atoms with Crippen LogP contribution in [0.3, 0.4) is 0 Å². The maximum atomic E-state index is 12.5. The average Bonchev–Trinajstić information content (AvgIpc) is 3.77. The van der Waals surface area contributed by atoms with Crippen LogP contribution in [-0.2, 0) is 47.1 Å². The molecule has 3 aliphatic heterocycles. The topological polar surface area (TPSA) is 187 Å². The first-order valence-electron chi connectivity index (χ1n) is 28.5. The van der Waals surface area contributed by atoms with Gasteiger partial charge >= 0.3 is 39.3 Å². The van der Waals surface area contributed by atoms with Crippen molar-refractivity contribution >= 4 is 79.7 Å². The Labute approximate surface area is 468 Å². The summed E-state index contributed by atoms with van der Waals surface area (Å²) in [6.07, 6.45) is 10.6. The summed E-state index contributed by atoms with van der Waals surface area (Å²) in [5.41, 5.74) is 3.09. The van der Waals surface area contributed by atoms with Gasteiger partial charge in [0.15, 0.2) is 0 Å². The lowest BCUT2D eigenvalue weighted by Gasteiger charge is -2.64. The molecule has 0 radical (unpaired) electrons. The maximum absolute atomic E-state index is 12.5. The fraction of sp³-hybridized carbons (Fsp3) is 0.944. The standard InChI is InChI=1S/C27H54BNO4Si2.C21H36BClO4.C6H12BNO4.ClH/c1-19(16-24(30)31-25(2,3)4)14-15-23(29(34(8,9)10)35(11,12)13)28-32-22-18-20-17-21(26(20,5)6)27(22,7)33-28;1-13(10-18(24)25-19(2,3)4)8-9-17(23)22-26-16-12-14-11-15(20(14,5)6)21(16,7)27-22;8-5-2-1-4(3-6(9)10)12-7(5)11;/h19-23H,14-18H2,1-13H3;13-17H,8-12H2,1-7H3;4-5,11H,1-3,8H2,(H,9,10);1H/p+1/t19?,20-,21-,22+,23-,27-;13?,14-,15-,16+,17+,21-;4?,5-;/m000./s1. The minimum Gasteiger partial charge on any atom is -0.481 e. The number of quaternary nitrogens is 1. The van der Waals surface area contributed by atoms with Crippen molar-refractivity contribution in [2.45, 2.75) is 278 Å². The van der Waals surface area contributed by atoms with E-state index in [1.807, 2.05) is 41.5 Å². The lowest BCUT2D eigenvalue weighted by molar-refractivity contribution is -0.403. The van der Waals surface area contributed by atoms with Crippen LogP contribution in [0, 0.1) is 46.3 Å². The third kappa shape index (κ3) is 16.5. The number of hydrogen-bond acceptors (Lipinski definition) is 12. The Bertz CT molecular complexity index is 1920. The van der Waals surface area contributed by atoms with E-state index < -0.39 is 40.8 Å². The number of rotatable bonds is 17. The molecule has 0 aromatic carbocycles. The second-order valence-electron chi connectivity index (χ2n) is 29.5. The molecule has 21 heteroatoms. The molecule has 0 aromatic rings. The first kappa shape index (κ1) is 66.8. The Morgan fingerprint density at radius 2 is 1.11 bits per heavy atom. The molecule has 9 fully saturated rings. The van der Waals surface area contributed by atoms with E-state index in [0.29, 0.717) is 41.9 Å². The van der Waals surface area contributed by atoms with Crippen LogP contribution in [0.15, 0.2) is 0 Å². The zero-order chi connectivity index (χ0) is 56.1. The van der Waals surface area contributed by atoms with Gasteiger partial charge in [0.25, 0.3) is 0 Å². The number of carbonyl (C=O) groups excluding carboxylic acids is 2. The Balaban J connectivity index is 0.000000268. The van der Waals surface area contributed by atoms with Crippen LogP contribution in [0.5, 0.6) is 0 Å². The number of carboxylic acids is 1. The zero-order valence-electron chi connectivity index (χ0n) is 50.3. The number of alkyl halides is 1. The monoisotopic (exact) mass is 1130 g/mol. The average molecular weight is 1130 g/mol. The van der Waals surface area contributed by atoms with Gasteiger partial charge in [-0.2, -0.15) is 0 Å². The molecular weight excluding hydrogens is 1030 g/mol. The predicted octanol–water partition coefficient (Wildman–Crippen LogP) is 10.4. The van der Waals surface area contributed by atoms with Gasteiger partial charge in [-0.05, 0) is 166 Å². The molecule has 3 heterocycles. The molecule has 6 aliphatic carbocycles. The maximum Gasteiger partial charge on any atom is 0.518 e. The summed E-state index contributed by atoms with van der Waals surface area (Å²) in [5.74, 6) is 2.09. The van der Waals surface area contributed by atoms with Crippen LogP contribution < -0.4 is 5.73 Å². The van der Waals surface area contributed by atoms with E-state index in [2.05, 4.69) is 105 Å². The minimum absolute atomic E-state index is 0. The molecule has 0 aromatic heterocycles. The number of nitrogens with zero attached hydrogens (tertiary/aromatic N) is 1. The van der Waals surface area contributed by atoms with Crippen molar-refractivity contribution in [3.8, 4) is 0 Å². The first-order chi connectivity index (χ1) is 33.6. The third-order valence-electron chi connectivity index (χ3n) is 18.1. The van der Waals surface area contributed by atoms with Crippen molar-refractivity contribution in [2.75, 3.05) is 0 Å². The van der Waals surface area contributed by atoms with Gasteiger partial charge in [0, 0.05) is 18.8 Å². The summed E-state index contributed by atoms with van der Waals surface area (Å²) < 4.78 is 45.5. The molecule has 3 unspecified atom stereocenters. The van der Waals surface area contributed by atoms with Crippen LogP contribution in [0.2, 0.25) is 39.3 Å². The molecule has 14 nitrogen and oxygen atoms in total. The molecular formula is C54H104B3Cl2N2O12Si2+. The van der Waals surface area contributed by atoms with Gasteiger partial charge in [-0.1, -0.05) is 80.8 Å². The van der Waals surface area contributed by atoms with Crippen LogP contribution in [0.4, 0.5) is 0 Å². The molecule has 5 N–H and O–H groups in total. The van der Waals surface area contributed by atoms with Crippen molar-refractivity contribution < 1.29 is 63.0 Å². The summed E-state index contributed by atoms with van der Waals surface area (Å²) in [5, 5.41) is 17.4. The van der Waals surface area contributed by atoms with E-state index in [0.717, 1.165) is 56.8 Å². The Kier molecular flexibility index (Phi) is 22.1.